The van der Waals surface area contributed by atoms with E-state index in [-0.39, 0.29) is 12.0 Å². The molecule has 3 aromatic carbocycles. The van der Waals surface area contributed by atoms with E-state index < -0.39 is 17.4 Å². The Morgan fingerprint density at radius 2 is 1.76 bits per heavy atom. The standard InChI is InChI=1S/C29H27ClF2N6/c1-29(2,32)26(21-12-22(14-25(31)13-21)28-34-36-37(3)35-28)23-16-38(17-23)27(19-7-9-24(30)10-8-19)20-6-4-5-18(11-20)15-33/h4-14,23,26-27H,16-17H2,1-3H3. The molecule has 5 rings (SSSR count). The number of likely N-dealkylation sites (tertiary alicyclic amines) is 1. The van der Waals surface area contributed by atoms with Gasteiger partial charge < -0.3 is 0 Å². The number of aryl methyl sites for hydroxylation is 1. The second kappa shape index (κ2) is 10.2. The lowest BCUT2D eigenvalue weighted by molar-refractivity contribution is 0.00814. The second-order valence-corrected chi connectivity index (χ2v) is 10.8. The van der Waals surface area contributed by atoms with E-state index in [1.807, 2.05) is 42.5 Å². The molecule has 1 aromatic heterocycles. The van der Waals surface area contributed by atoms with E-state index >= 15 is 4.39 Å². The first-order valence-electron chi connectivity index (χ1n) is 12.4. The lowest BCUT2D eigenvalue weighted by Gasteiger charge is -2.50. The van der Waals surface area contributed by atoms with E-state index in [0.29, 0.717) is 40.6 Å². The Morgan fingerprint density at radius 1 is 1.03 bits per heavy atom. The van der Waals surface area contributed by atoms with Crippen LogP contribution in [0.25, 0.3) is 11.4 Å². The van der Waals surface area contributed by atoms with Crippen molar-refractivity contribution in [1.29, 1.82) is 5.26 Å². The summed E-state index contributed by atoms with van der Waals surface area (Å²) in [6, 6.07) is 21.8. The molecule has 194 valence electrons. The van der Waals surface area contributed by atoms with Gasteiger partial charge in [0.15, 0.2) is 0 Å². The molecule has 0 bridgehead atoms. The Kier molecular flexibility index (Phi) is 6.99. The number of hydrogen-bond acceptors (Lipinski definition) is 5. The predicted octanol–water partition coefficient (Wildman–Crippen LogP) is 6.09. The topological polar surface area (TPSA) is 70.6 Å². The maximum absolute atomic E-state index is 15.8. The molecule has 0 spiro atoms. The summed E-state index contributed by atoms with van der Waals surface area (Å²) in [4.78, 5) is 3.56. The highest BCUT2D eigenvalue weighted by molar-refractivity contribution is 6.30. The molecule has 2 heterocycles. The molecular formula is C29H27ClF2N6. The summed E-state index contributed by atoms with van der Waals surface area (Å²) in [7, 11) is 1.64. The molecule has 0 amide bonds. The van der Waals surface area contributed by atoms with Crippen LogP contribution in [0.5, 0.6) is 0 Å². The summed E-state index contributed by atoms with van der Waals surface area (Å²) in [6.07, 6.45) is 0. The van der Waals surface area contributed by atoms with Crippen LogP contribution in [0.2, 0.25) is 5.02 Å². The summed E-state index contributed by atoms with van der Waals surface area (Å²) in [5.41, 5.74) is 2.01. The molecule has 1 saturated heterocycles. The normalized spacial score (nSPS) is 16.0. The van der Waals surface area contributed by atoms with Crippen LogP contribution in [0.15, 0.2) is 66.7 Å². The Hall–Kier alpha value is -3.67. The highest BCUT2D eigenvalue weighted by Gasteiger charge is 2.45. The Morgan fingerprint density at radius 3 is 2.39 bits per heavy atom. The minimum Gasteiger partial charge on any atom is -0.292 e. The maximum atomic E-state index is 15.8. The summed E-state index contributed by atoms with van der Waals surface area (Å²) >= 11 is 6.15. The van der Waals surface area contributed by atoms with Crippen LogP contribution in [-0.2, 0) is 7.05 Å². The SMILES string of the molecule is Cn1nnc(-c2cc(F)cc(C(C3CN(C(c4ccc(Cl)cc4)c4cccc(C#N)c4)C3)C(C)(C)F)c2)n1. The van der Waals surface area contributed by atoms with E-state index in [4.69, 9.17) is 11.6 Å². The number of aromatic nitrogens is 4. The molecule has 6 nitrogen and oxygen atoms in total. The molecule has 4 aromatic rings. The Bertz CT molecular complexity index is 1480. The molecule has 9 heteroatoms. The van der Waals surface area contributed by atoms with Crippen molar-refractivity contribution < 1.29 is 8.78 Å². The lowest BCUT2D eigenvalue weighted by Crippen LogP contribution is -2.53. The van der Waals surface area contributed by atoms with Crippen LogP contribution in [-0.4, -0.2) is 43.9 Å². The monoisotopic (exact) mass is 532 g/mol. The van der Waals surface area contributed by atoms with Gasteiger partial charge in [-0.25, -0.2) is 8.78 Å². The summed E-state index contributed by atoms with van der Waals surface area (Å²) in [6.45, 7) is 4.27. The third kappa shape index (κ3) is 5.31. The zero-order chi connectivity index (χ0) is 27.0. The van der Waals surface area contributed by atoms with E-state index in [0.717, 1.165) is 11.1 Å². The van der Waals surface area contributed by atoms with Gasteiger partial charge in [0.1, 0.15) is 11.5 Å². The van der Waals surface area contributed by atoms with Gasteiger partial charge in [0.2, 0.25) is 5.82 Å². The number of nitriles is 1. The van der Waals surface area contributed by atoms with Crippen molar-refractivity contribution in [2.45, 2.75) is 31.5 Å². The average molecular weight is 533 g/mol. The highest BCUT2D eigenvalue weighted by Crippen LogP contribution is 2.46. The molecule has 1 aliphatic heterocycles. The fraction of sp³-hybridized carbons (Fsp3) is 0.310. The van der Waals surface area contributed by atoms with Crippen molar-refractivity contribution in [3.8, 4) is 17.5 Å². The molecule has 2 atom stereocenters. The third-order valence-electron chi connectivity index (χ3n) is 7.08. The maximum Gasteiger partial charge on any atom is 0.205 e. The number of alkyl halides is 1. The fourth-order valence-electron chi connectivity index (χ4n) is 5.56. The van der Waals surface area contributed by atoms with Gasteiger partial charge in [-0.1, -0.05) is 35.9 Å². The smallest absolute Gasteiger partial charge is 0.205 e. The molecule has 38 heavy (non-hydrogen) atoms. The third-order valence-corrected chi connectivity index (χ3v) is 7.33. The van der Waals surface area contributed by atoms with Crippen molar-refractivity contribution >= 4 is 11.6 Å². The van der Waals surface area contributed by atoms with Gasteiger partial charge in [0.25, 0.3) is 0 Å². The molecule has 1 aliphatic rings. The van der Waals surface area contributed by atoms with Crippen LogP contribution in [0.1, 0.15) is 48.1 Å². The van der Waals surface area contributed by atoms with Gasteiger partial charge >= 0.3 is 0 Å². The van der Waals surface area contributed by atoms with E-state index in [9.17, 15) is 9.65 Å². The quantitative estimate of drug-likeness (QED) is 0.288. The van der Waals surface area contributed by atoms with E-state index in [1.165, 1.54) is 16.9 Å². The molecule has 0 N–H and O–H groups in total. The molecule has 1 fully saturated rings. The number of hydrogen-bond donors (Lipinski definition) is 0. The molecule has 0 saturated carbocycles. The minimum absolute atomic E-state index is 0.0617. The van der Waals surface area contributed by atoms with Gasteiger partial charge in [0.05, 0.1) is 24.7 Å². The number of rotatable bonds is 7. The number of nitrogens with zero attached hydrogens (tertiary/aromatic N) is 6. The van der Waals surface area contributed by atoms with Crippen LogP contribution in [0.3, 0.4) is 0 Å². The molecule has 0 aliphatic carbocycles. The average Bonchev–Trinajstić information content (AvgIpc) is 3.29. The van der Waals surface area contributed by atoms with Gasteiger partial charge in [-0.15, -0.1) is 10.2 Å². The van der Waals surface area contributed by atoms with E-state index in [2.05, 4.69) is 26.4 Å². The molecule has 0 radical (unpaired) electrons. The van der Waals surface area contributed by atoms with Crippen molar-refractivity contribution in [2.75, 3.05) is 13.1 Å². The molecular weight excluding hydrogens is 506 g/mol. The fourth-order valence-corrected chi connectivity index (χ4v) is 5.68. The van der Waals surface area contributed by atoms with Crippen molar-refractivity contribution in [3.63, 3.8) is 0 Å². The van der Waals surface area contributed by atoms with Crippen molar-refractivity contribution in [3.05, 3.63) is 99.8 Å². The Labute approximate surface area is 225 Å². The number of tetrazole rings is 1. The predicted molar refractivity (Wildman–Crippen MR) is 142 cm³/mol. The number of halogens is 3. The van der Waals surface area contributed by atoms with Crippen molar-refractivity contribution in [1.82, 2.24) is 25.1 Å². The van der Waals surface area contributed by atoms with Crippen molar-refractivity contribution in [2.24, 2.45) is 13.0 Å². The van der Waals surface area contributed by atoms with Crippen LogP contribution >= 0.6 is 11.6 Å². The van der Waals surface area contributed by atoms with Crippen LogP contribution in [0.4, 0.5) is 8.78 Å². The number of benzene rings is 3. The zero-order valence-corrected chi connectivity index (χ0v) is 22.1. The van der Waals surface area contributed by atoms with E-state index in [1.54, 1.807) is 33.0 Å². The molecule has 2 unspecified atom stereocenters. The summed E-state index contributed by atoms with van der Waals surface area (Å²) < 4.78 is 30.5. The zero-order valence-electron chi connectivity index (χ0n) is 21.3. The second-order valence-electron chi connectivity index (χ2n) is 10.3. The van der Waals surface area contributed by atoms with Gasteiger partial charge in [0, 0.05) is 29.6 Å². The summed E-state index contributed by atoms with van der Waals surface area (Å²) in [5.74, 6) is -0.795. The Balaban J connectivity index is 1.47. The summed E-state index contributed by atoms with van der Waals surface area (Å²) in [5, 5.41) is 22.1. The lowest BCUT2D eigenvalue weighted by atomic mass is 9.72. The highest BCUT2D eigenvalue weighted by atomic mass is 35.5. The van der Waals surface area contributed by atoms with Gasteiger partial charge in [-0.05, 0) is 84.1 Å². The van der Waals surface area contributed by atoms with Gasteiger partial charge in [-0.3, -0.25) is 4.90 Å². The first kappa shape index (κ1) is 26.0. The largest absolute Gasteiger partial charge is 0.292 e. The minimum atomic E-state index is -1.60. The van der Waals surface area contributed by atoms with Crippen LogP contribution in [0, 0.1) is 23.1 Å². The first-order valence-corrected chi connectivity index (χ1v) is 12.7. The van der Waals surface area contributed by atoms with Gasteiger partial charge in [-0.2, -0.15) is 10.1 Å². The first-order chi connectivity index (χ1) is 18.1. The van der Waals surface area contributed by atoms with Crippen LogP contribution < -0.4 is 0 Å².